The molecule has 0 saturated carbocycles. The van der Waals surface area contributed by atoms with Crippen molar-refractivity contribution in [3.8, 4) is 5.75 Å². The lowest BCUT2D eigenvalue weighted by Gasteiger charge is -2.35. The number of carbonyl (C=O) groups excluding carboxylic acids is 2. The zero-order chi connectivity index (χ0) is 33.7. The quantitative estimate of drug-likeness (QED) is 0.179. The fourth-order valence-electron chi connectivity index (χ4n) is 4.60. The number of hydrogen-bond donors (Lipinski definition) is 1. The zero-order valence-corrected chi connectivity index (χ0v) is 28.2. The topological polar surface area (TPSA) is 139 Å². The van der Waals surface area contributed by atoms with Crippen LogP contribution in [0.2, 0.25) is 10.0 Å². The number of benzene rings is 3. The van der Waals surface area contributed by atoms with Gasteiger partial charge in [0.05, 0.1) is 22.6 Å². The van der Waals surface area contributed by atoms with Crippen molar-refractivity contribution in [3.05, 3.63) is 92.0 Å². The second-order valence-electron chi connectivity index (χ2n) is 11.3. The average Bonchev–Trinajstić information content (AvgIpc) is 2.95. The Hall–Kier alpha value is -3.87. The Morgan fingerprint density at radius 2 is 1.64 bits per heavy atom. The lowest BCUT2D eigenvalue weighted by Crippen LogP contribution is -2.55. The lowest BCUT2D eigenvalue weighted by molar-refractivity contribution is -0.385. The van der Waals surface area contributed by atoms with Crippen molar-refractivity contribution in [1.29, 1.82) is 0 Å². The van der Waals surface area contributed by atoms with Gasteiger partial charge in [0.2, 0.25) is 11.8 Å². The summed E-state index contributed by atoms with van der Waals surface area (Å²) in [5.41, 5.74) is -0.177. The van der Waals surface area contributed by atoms with Crippen molar-refractivity contribution in [3.63, 3.8) is 0 Å². The number of hydrogen-bond acceptors (Lipinski definition) is 7. The summed E-state index contributed by atoms with van der Waals surface area (Å²) >= 11 is 12.3. The van der Waals surface area contributed by atoms with Gasteiger partial charge in [-0.1, -0.05) is 48.3 Å². The van der Waals surface area contributed by atoms with Gasteiger partial charge < -0.3 is 15.0 Å². The zero-order valence-electron chi connectivity index (χ0n) is 25.8. The van der Waals surface area contributed by atoms with Crippen molar-refractivity contribution < 1.29 is 27.7 Å². The molecule has 1 atom stereocenters. The third kappa shape index (κ3) is 8.86. The SMILES string of the molecule is CCC(C(=O)NC(C)(C)C)N(Cc1ccc(Cl)cc1)C(=O)CN(c1cc(Cl)ccc1OC)S(=O)(=O)c1ccc(C)c([N+](=O)[O-])c1. The van der Waals surface area contributed by atoms with Gasteiger partial charge >= 0.3 is 0 Å². The highest BCUT2D eigenvalue weighted by Gasteiger charge is 2.36. The normalized spacial score (nSPS) is 12.3. The second-order valence-corrected chi connectivity index (χ2v) is 14.1. The number of carbonyl (C=O) groups is 2. The minimum absolute atomic E-state index is 0.0390. The van der Waals surface area contributed by atoms with Crippen LogP contribution in [-0.4, -0.2) is 55.3 Å². The van der Waals surface area contributed by atoms with E-state index >= 15 is 0 Å². The number of nitrogens with one attached hydrogen (secondary N) is 1. The highest BCUT2D eigenvalue weighted by Crippen LogP contribution is 2.36. The highest BCUT2D eigenvalue weighted by atomic mass is 35.5. The molecule has 0 aliphatic carbocycles. The van der Waals surface area contributed by atoms with E-state index in [9.17, 15) is 28.1 Å². The largest absolute Gasteiger partial charge is 0.495 e. The van der Waals surface area contributed by atoms with E-state index in [1.807, 2.05) is 20.8 Å². The van der Waals surface area contributed by atoms with Crippen molar-refractivity contribution in [1.82, 2.24) is 10.2 Å². The van der Waals surface area contributed by atoms with E-state index in [4.69, 9.17) is 27.9 Å². The summed E-state index contributed by atoms with van der Waals surface area (Å²) < 4.78 is 34.7. The molecule has 0 aromatic heterocycles. The molecule has 3 aromatic rings. The summed E-state index contributed by atoms with van der Waals surface area (Å²) in [4.78, 5) is 39.6. The fourth-order valence-corrected chi connectivity index (χ4v) is 6.33. The number of sulfonamides is 1. The standard InChI is InChI=1S/C31H36Cl2N4O7S/c1-7-25(30(39)34-31(3,4)5)35(18-21-9-11-22(32)12-10-21)29(38)19-36(27-16-23(33)13-15-28(27)44-6)45(42,43)24-14-8-20(2)26(17-24)37(40)41/h8-17,25H,7,18-19H2,1-6H3,(H,34,39). The lowest BCUT2D eigenvalue weighted by atomic mass is 10.1. The monoisotopic (exact) mass is 678 g/mol. The second kappa shape index (κ2) is 14.5. The first-order valence-electron chi connectivity index (χ1n) is 14.0. The third-order valence-corrected chi connectivity index (χ3v) is 9.05. The number of rotatable bonds is 12. The summed E-state index contributed by atoms with van der Waals surface area (Å²) in [7, 11) is -3.31. The van der Waals surface area contributed by atoms with Gasteiger partial charge in [-0.2, -0.15) is 0 Å². The van der Waals surface area contributed by atoms with E-state index in [0.717, 1.165) is 10.4 Å². The van der Waals surface area contributed by atoms with Crippen LogP contribution in [-0.2, 0) is 26.2 Å². The third-order valence-electron chi connectivity index (χ3n) is 6.80. The number of nitrogens with zero attached hydrogens (tertiary/aromatic N) is 3. The molecule has 45 heavy (non-hydrogen) atoms. The summed E-state index contributed by atoms with van der Waals surface area (Å²) in [5.74, 6) is -1.05. The molecular formula is C31H36Cl2N4O7S. The Bertz CT molecular complexity index is 1680. The molecule has 0 spiro atoms. The maximum absolute atomic E-state index is 14.3. The van der Waals surface area contributed by atoms with Crippen LogP contribution in [0, 0.1) is 17.0 Å². The van der Waals surface area contributed by atoms with Crippen molar-refractivity contribution >= 4 is 56.4 Å². The van der Waals surface area contributed by atoms with Crippen LogP contribution in [0.15, 0.2) is 65.6 Å². The maximum Gasteiger partial charge on any atom is 0.273 e. The summed E-state index contributed by atoms with van der Waals surface area (Å²) in [6.45, 7) is 7.83. The Labute approximate surface area is 273 Å². The van der Waals surface area contributed by atoms with Gasteiger partial charge in [0.25, 0.3) is 15.7 Å². The summed E-state index contributed by atoms with van der Waals surface area (Å²) in [5, 5.41) is 15.2. The molecule has 0 aliphatic heterocycles. The first kappa shape index (κ1) is 35.6. The highest BCUT2D eigenvalue weighted by molar-refractivity contribution is 7.92. The van der Waals surface area contributed by atoms with Crippen molar-refractivity contribution in [2.45, 2.75) is 64.1 Å². The minimum atomic E-state index is -4.64. The molecule has 0 fully saturated rings. The van der Waals surface area contributed by atoms with Crippen LogP contribution in [0.3, 0.4) is 0 Å². The van der Waals surface area contributed by atoms with Crippen LogP contribution in [0.5, 0.6) is 5.75 Å². The molecule has 0 heterocycles. The predicted octanol–water partition coefficient (Wildman–Crippen LogP) is 6.14. The van der Waals surface area contributed by atoms with Gasteiger partial charge in [-0.25, -0.2) is 8.42 Å². The molecule has 242 valence electrons. The number of halogens is 2. The van der Waals surface area contributed by atoms with E-state index in [2.05, 4.69) is 5.32 Å². The molecule has 0 radical (unpaired) electrons. The number of nitro benzene ring substituents is 1. The van der Waals surface area contributed by atoms with Gasteiger partial charge in [0, 0.05) is 33.8 Å². The Balaban J connectivity index is 2.20. The molecule has 2 amide bonds. The Morgan fingerprint density at radius 1 is 1.02 bits per heavy atom. The molecule has 3 rings (SSSR count). The van der Waals surface area contributed by atoms with E-state index in [1.165, 1.54) is 49.3 Å². The smallest absolute Gasteiger partial charge is 0.273 e. The van der Waals surface area contributed by atoms with Crippen LogP contribution in [0.1, 0.15) is 45.2 Å². The first-order chi connectivity index (χ1) is 21.0. The number of nitro groups is 1. The first-order valence-corrected chi connectivity index (χ1v) is 16.1. The van der Waals surface area contributed by atoms with Crippen LogP contribution < -0.4 is 14.4 Å². The summed E-state index contributed by atoms with van der Waals surface area (Å²) in [6, 6.07) is 13.5. The van der Waals surface area contributed by atoms with E-state index in [-0.39, 0.29) is 35.0 Å². The molecule has 3 aromatic carbocycles. The number of anilines is 1. The number of aryl methyl sites for hydroxylation is 1. The maximum atomic E-state index is 14.3. The van der Waals surface area contributed by atoms with Crippen LogP contribution in [0.4, 0.5) is 11.4 Å². The molecule has 0 saturated heterocycles. The Morgan fingerprint density at radius 3 is 2.20 bits per heavy atom. The van der Waals surface area contributed by atoms with E-state index in [0.29, 0.717) is 10.6 Å². The van der Waals surface area contributed by atoms with Gasteiger partial charge in [-0.3, -0.25) is 24.0 Å². The molecule has 1 N–H and O–H groups in total. The van der Waals surface area contributed by atoms with Crippen molar-refractivity contribution in [2.24, 2.45) is 0 Å². The number of ether oxygens (including phenoxy) is 1. The van der Waals surface area contributed by atoms with Gasteiger partial charge in [-0.15, -0.1) is 0 Å². The van der Waals surface area contributed by atoms with E-state index in [1.54, 1.807) is 31.2 Å². The molecular weight excluding hydrogens is 643 g/mol. The minimum Gasteiger partial charge on any atom is -0.495 e. The predicted molar refractivity (Wildman–Crippen MR) is 174 cm³/mol. The molecule has 1 unspecified atom stereocenters. The van der Waals surface area contributed by atoms with Gasteiger partial charge in [0.15, 0.2) is 0 Å². The Kier molecular flexibility index (Phi) is 11.5. The van der Waals surface area contributed by atoms with Gasteiger partial charge in [0.1, 0.15) is 18.3 Å². The molecule has 0 bridgehead atoms. The molecule has 11 nitrogen and oxygen atoms in total. The molecule has 0 aliphatic rings. The van der Waals surface area contributed by atoms with Crippen molar-refractivity contribution in [2.75, 3.05) is 18.0 Å². The van der Waals surface area contributed by atoms with Crippen LogP contribution >= 0.6 is 23.2 Å². The summed E-state index contributed by atoms with van der Waals surface area (Å²) in [6.07, 6.45) is 0.221. The van der Waals surface area contributed by atoms with E-state index < -0.39 is 55.5 Å². The van der Waals surface area contributed by atoms with Crippen LogP contribution in [0.25, 0.3) is 0 Å². The number of methoxy groups -OCH3 is 1. The molecule has 14 heteroatoms. The fraction of sp³-hybridized carbons (Fsp3) is 0.355. The number of amides is 2. The van der Waals surface area contributed by atoms with Gasteiger partial charge in [-0.05, 0) is 76.1 Å². The average molecular weight is 680 g/mol.